The predicted octanol–water partition coefficient (Wildman–Crippen LogP) is -0.222. The summed E-state index contributed by atoms with van der Waals surface area (Å²) in [4.78, 5) is 11.0. The molecule has 88 valence electrons. The third-order valence-electron chi connectivity index (χ3n) is 1.94. The van der Waals surface area contributed by atoms with E-state index in [0.717, 1.165) is 12.8 Å². The van der Waals surface area contributed by atoms with Crippen LogP contribution in [0.1, 0.15) is 12.8 Å². The van der Waals surface area contributed by atoms with Crippen molar-refractivity contribution >= 4 is 5.91 Å². The van der Waals surface area contributed by atoms with Crippen molar-refractivity contribution in [2.75, 3.05) is 13.1 Å². The molecule has 0 heterocycles. The molecule has 1 unspecified atom stereocenters. The minimum atomic E-state index is -4.64. The zero-order valence-corrected chi connectivity index (χ0v) is 7.97. The highest BCUT2D eigenvalue weighted by atomic mass is 19.4. The average molecular weight is 226 g/mol. The number of rotatable bonds is 5. The number of amides is 1. The number of carbonyl (C=O) groups is 1. The predicted molar refractivity (Wildman–Crippen MR) is 46.1 cm³/mol. The van der Waals surface area contributed by atoms with Crippen molar-refractivity contribution in [1.29, 1.82) is 0 Å². The minimum Gasteiger partial charge on any atom is -0.382 e. The van der Waals surface area contributed by atoms with Crippen LogP contribution in [-0.2, 0) is 4.79 Å². The van der Waals surface area contributed by atoms with Gasteiger partial charge in [-0.05, 0) is 12.8 Å². The van der Waals surface area contributed by atoms with Gasteiger partial charge in [0.25, 0.3) is 0 Å². The third-order valence-corrected chi connectivity index (χ3v) is 1.94. The molecule has 1 aliphatic carbocycles. The Morgan fingerprint density at radius 3 is 2.53 bits per heavy atom. The molecule has 1 fully saturated rings. The maximum atomic E-state index is 11.8. The molecule has 4 nitrogen and oxygen atoms in total. The number of hydrogen-bond donors (Lipinski definition) is 3. The molecule has 0 bridgehead atoms. The summed E-state index contributed by atoms with van der Waals surface area (Å²) in [6.07, 6.45) is -5.21. The van der Waals surface area contributed by atoms with Gasteiger partial charge >= 0.3 is 6.18 Å². The first-order valence-electron chi connectivity index (χ1n) is 4.64. The van der Waals surface area contributed by atoms with E-state index in [1.54, 1.807) is 0 Å². The van der Waals surface area contributed by atoms with Gasteiger partial charge in [0.05, 0.1) is 6.54 Å². The molecule has 0 radical (unpaired) electrons. The molecule has 7 heteroatoms. The van der Waals surface area contributed by atoms with Gasteiger partial charge in [-0.25, -0.2) is 0 Å². The SMILES string of the molecule is O=C(CNCC(O)C(F)(F)F)NC1CC1. The van der Waals surface area contributed by atoms with Crippen molar-refractivity contribution in [3.05, 3.63) is 0 Å². The Labute approximate surface area is 84.8 Å². The largest absolute Gasteiger partial charge is 0.415 e. The molecule has 0 spiro atoms. The quantitative estimate of drug-likeness (QED) is 0.607. The van der Waals surface area contributed by atoms with Crippen LogP contribution in [0.25, 0.3) is 0 Å². The number of halogens is 3. The van der Waals surface area contributed by atoms with Crippen molar-refractivity contribution in [3.8, 4) is 0 Å². The molecule has 1 aliphatic rings. The van der Waals surface area contributed by atoms with Gasteiger partial charge in [0.2, 0.25) is 5.91 Å². The monoisotopic (exact) mass is 226 g/mol. The molecular weight excluding hydrogens is 213 g/mol. The lowest BCUT2D eigenvalue weighted by atomic mass is 10.3. The first-order chi connectivity index (χ1) is 6.89. The Kier molecular flexibility index (Phi) is 3.92. The normalized spacial score (nSPS) is 18.7. The van der Waals surface area contributed by atoms with Crippen LogP contribution in [0.4, 0.5) is 13.2 Å². The molecule has 3 N–H and O–H groups in total. The number of hydrogen-bond acceptors (Lipinski definition) is 3. The second kappa shape index (κ2) is 4.80. The summed E-state index contributed by atoms with van der Waals surface area (Å²) >= 11 is 0. The van der Waals surface area contributed by atoms with E-state index >= 15 is 0 Å². The second-order valence-corrected chi connectivity index (χ2v) is 3.53. The maximum absolute atomic E-state index is 11.8. The van der Waals surface area contributed by atoms with Crippen molar-refractivity contribution in [2.45, 2.75) is 31.2 Å². The highest BCUT2D eigenvalue weighted by Crippen LogP contribution is 2.19. The van der Waals surface area contributed by atoms with Crippen LogP contribution in [0, 0.1) is 0 Å². The molecule has 0 aromatic heterocycles. The molecular formula is C8H13F3N2O2. The van der Waals surface area contributed by atoms with Crippen LogP contribution in [0.2, 0.25) is 0 Å². The average Bonchev–Trinajstić information content (AvgIpc) is 2.86. The Hall–Kier alpha value is -0.820. The van der Waals surface area contributed by atoms with E-state index in [9.17, 15) is 18.0 Å². The van der Waals surface area contributed by atoms with E-state index in [-0.39, 0.29) is 18.5 Å². The Bertz CT molecular complexity index is 228. The summed E-state index contributed by atoms with van der Waals surface area (Å²) in [5.74, 6) is -0.341. The lowest BCUT2D eigenvalue weighted by Gasteiger charge is -2.14. The first-order valence-corrected chi connectivity index (χ1v) is 4.64. The Morgan fingerprint density at radius 1 is 1.47 bits per heavy atom. The summed E-state index contributed by atoms with van der Waals surface area (Å²) in [6, 6.07) is 0.187. The zero-order valence-electron chi connectivity index (χ0n) is 7.97. The fourth-order valence-corrected chi connectivity index (χ4v) is 0.945. The van der Waals surface area contributed by atoms with E-state index in [2.05, 4.69) is 10.6 Å². The van der Waals surface area contributed by atoms with Crippen molar-refractivity contribution in [3.63, 3.8) is 0 Å². The van der Waals surface area contributed by atoms with Crippen LogP contribution < -0.4 is 10.6 Å². The minimum absolute atomic E-state index is 0.187. The number of aliphatic hydroxyl groups is 1. The Morgan fingerprint density at radius 2 is 2.07 bits per heavy atom. The van der Waals surface area contributed by atoms with Gasteiger partial charge in [0, 0.05) is 12.6 Å². The van der Waals surface area contributed by atoms with Crippen LogP contribution in [-0.4, -0.2) is 42.4 Å². The second-order valence-electron chi connectivity index (χ2n) is 3.53. The van der Waals surface area contributed by atoms with Crippen molar-refractivity contribution in [2.24, 2.45) is 0 Å². The molecule has 1 amide bonds. The summed E-state index contributed by atoms with van der Waals surface area (Å²) in [5.41, 5.74) is 0. The van der Waals surface area contributed by atoms with Crippen LogP contribution in [0.5, 0.6) is 0 Å². The standard InChI is InChI=1S/C8H13F3N2O2/c9-8(10,11)6(14)3-12-4-7(15)13-5-1-2-5/h5-6,12,14H,1-4H2,(H,13,15). The smallest absolute Gasteiger partial charge is 0.382 e. The van der Waals surface area contributed by atoms with Crippen molar-refractivity contribution in [1.82, 2.24) is 10.6 Å². The topological polar surface area (TPSA) is 61.4 Å². The Balaban J connectivity index is 2.06. The van der Waals surface area contributed by atoms with E-state index in [4.69, 9.17) is 5.11 Å². The first kappa shape index (κ1) is 12.3. The van der Waals surface area contributed by atoms with Crippen LogP contribution >= 0.6 is 0 Å². The highest BCUT2D eigenvalue weighted by Gasteiger charge is 2.37. The van der Waals surface area contributed by atoms with Gasteiger partial charge in [0.1, 0.15) is 0 Å². The van der Waals surface area contributed by atoms with E-state index in [1.165, 1.54) is 0 Å². The molecule has 1 rings (SSSR count). The van der Waals surface area contributed by atoms with Crippen LogP contribution in [0.15, 0.2) is 0 Å². The zero-order chi connectivity index (χ0) is 11.5. The number of alkyl halides is 3. The fourth-order valence-electron chi connectivity index (χ4n) is 0.945. The lowest BCUT2D eigenvalue weighted by Crippen LogP contribution is -2.42. The highest BCUT2D eigenvalue weighted by molar-refractivity contribution is 5.78. The lowest BCUT2D eigenvalue weighted by molar-refractivity contribution is -0.201. The van der Waals surface area contributed by atoms with Crippen molar-refractivity contribution < 1.29 is 23.1 Å². The molecule has 0 aromatic carbocycles. The molecule has 0 aromatic rings. The van der Waals surface area contributed by atoms with Gasteiger partial charge in [-0.1, -0.05) is 0 Å². The fraction of sp³-hybridized carbons (Fsp3) is 0.875. The molecule has 15 heavy (non-hydrogen) atoms. The number of aliphatic hydroxyl groups excluding tert-OH is 1. The molecule has 1 atom stereocenters. The van der Waals surface area contributed by atoms with Gasteiger partial charge in [-0.2, -0.15) is 13.2 Å². The molecule has 1 saturated carbocycles. The molecule has 0 aliphatic heterocycles. The number of carbonyl (C=O) groups excluding carboxylic acids is 1. The summed E-state index contributed by atoms with van der Waals surface area (Å²) in [6.45, 7) is -0.870. The van der Waals surface area contributed by atoms with Gasteiger partial charge in [-0.3, -0.25) is 4.79 Å². The number of nitrogens with one attached hydrogen (secondary N) is 2. The maximum Gasteiger partial charge on any atom is 0.415 e. The summed E-state index contributed by atoms with van der Waals surface area (Å²) in [5, 5.41) is 13.4. The van der Waals surface area contributed by atoms with E-state index in [0.29, 0.717) is 0 Å². The van der Waals surface area contributed by atoms with Gasteiger partial charge in [-0.15, -0.1) is 0 Å². The summed E-state index contributed by atoms with van der Waals surface area (Å²) < 4.78 is 35.4. The van der Waals surface area contributed by atoms with Gasteiger partial charge in [0.15, 0.2) is 6.10 Å². The van der Waals surface area contributed by atoms with Crippen LogP contribution in [0.3, 0.4) is 0 Å². The third kappa shape index (κ3) is 4.98. The van der Waals surface area contributed by atoms with E-state index in [1.807, 2.05) is 0 Å². The van der Waals surface area contributed by atoms with E-state index < -0.39 is 18.8 Å². The van der Waals surface area contributed by atoms with Gasteiger partial charge < -0.3 is 15.7 Å². The molecule has 0 saturated heterocycles. The summed E-state index contributed by atoms with van der Waals surface area (Å²) in [7, 11) is 0.